The predicted molar refractivity (Wildman–Crippen MR) is 78.1 cm³/mol. The van der Waals surface area contributed by atoms with Gasteiger partial charge in [-0.3, -0.25) is 0 Å². The van der Waals surface area contributed by atoms with Crippen molar-refractivity contribution < 1.29 is 19.7 Å². The minimum atomic E-state index is -0.575. The molecule has 0 spiro atoms. The van der Waals surface area contributed by atoms with Crippen LogP contribution in [0.4, 0.5) is 0 Å². The van der Waals surface area contributed by atoms with Gasteiger partial charge in [0.05, 0.1) is 12.7 Å². The van der Waals surface area contributed by atoms with Crippen LogP contribution in [-0.4, -0.2) is 55.8 Å². The summed E-state index contributed by atoms with van der Waals surface area (Å²) in [7, 11) is 1.56. The molecule has 0 aliphatic carbocycles. The van der Waals surface area contributed by atoms with Crippen molar-refractivity contribution in [2.24, 2.45) is 0 Å². The molecular weight excluding hydrogens is 258 g/mol. The first-order valence-electron chi connectivity index (χ1n) is 6.87. The lowest BCUT2D eigenvalue weighted by Crippen LogP contribution is -2.33. The van der Waals surface area contributed by atoms with Gasteiger partial charge in [0.2, 0.25) is 0 Å². The Hall–Kier alpha value is -1.14. The minimum absolute atomic E-state index is 0.248. The van der Waals surface area contributed by atoms with Gasteiger partial charge in [-0.25, -0.2) is 0 Å². The maximum absolute atomic E-state index is 9.80. The quantitative estimate of drug-likeness (QED) is 0.552. The Morgan fingerprint density at radius 3 is 2.60 bits per heavy atom. The number of benzene rings is 1. The standard InChI is InChI=1S/C15H25NO4/c1-12-5-3-4-6-15(12)20-11-14(18)9-16-8-7-13(17)10-19-2/h3-6,13-14,16-18H,7-11H2,1-2H3. The van der Waals surface area contributed by atoms with Gasteiger partial charge in [0, 0.05) is 13.7 Å². The van der Waals surface area contributed by atoms with Crippen molar-refractivity contribution in [3.05, 3.63) is 29.8 Å². The third-order valence-electron chi connectivity index (χ3n) is 2.92. The summed E-state index contributed by atoms with van der Waals surface area (Å²) >= 11 is 0. The molecule has 5 nitrogen and oxygen atoms in total. The van der Waals surface area contributed by atoms with E-state index in [1.807, 2.05) is 31.2 Å². The lowest BCUT2D eigenvalue weighted by molar-refractivity contribution is 0.0577. The fourth-order valence-electron chi connectivity index (χ4n) is 1.78. The van der Waals surface area contributed by atoms with Gasteiger partial charge < -0.3 is 25.0 Å². The zero-order valence-electron chi connectivity index (χ0n) is 12.2. The largest absolute Gasteiger partial charge is 0.491 e. The number of methoxy groups -OCH3 is 1. The summed E-state index contributed by atoms with van der Waals surface area (Å²) in [6, 6.07) is 7.71. The highest BCUT2D eigenvalue weighted by Crippen LogP contribution is 2.16. The molecule has 0 aliphatic rings. The number of aliphatic hydroxyl groups is 2. The first-order valence-corrected chi connectivity index (χ1v) is 6.87. The Morgan fingerprint density at radius 2 is 1.90 bits per heavy atom. The number of rotatable bonds is 10. The number of hydrogen-bond acceptors (Lipinski definition) is 5. The van der Waals surface area contributed by atoms with Crippen LogP contribution in [0.1, 0.15) is 12.0 Å². The number of aryl methyl sites for hydroxylation is 1. The Kier molecular flexibility index (Phi) is 8.22. The molecule has 1 rings (SSSR count). The summed E-state index contributed by atoms with van der Waals surface area (Å²) in [6.45, 7) is 3.62. The molecule has 0 saturated heterocycles. The van der Waals surface area contributed by atoms with Crippen molar-refractivity contribution in [2.75, 3.05) is 33.4 Å². The van der Waals surface area contributed by atoms with Crippen molar-refractivity contribution in [3.63, 3.8) is 0 Å². The summed E-state index contributed by atoms with van der Waals surface area (Å²) in [5.41, 5.74) is 1.05. The summed E-state index contributed by atoms with van der Waals surface area (Å²) in [5, 5.41) is 22.3. The molecular formula is C15H25NO4. The number of aliphatic hydroxyl groups excluding tert-OH is 2. The lowest BCUT2D eigenvalue weighted by atomic mass is 10.2. The van der Waals surface area contributed by atoms with Crippen LogP contribution in [0.3, 0.4) is 0 Å². The maximum Gasteiger partial charge on any atom is 0.122 e. The van der Waals surface area contributed by atoms with E-state index in [-0.39, 0.29) is 6.61 Å². The van der Waals surface area contributed by atoms with E-state index >= 15 is 0 Å². The van der Waals surface area contributed by atoms with Crippen LogP contribution in [0.5, 0.6) is 5.75 Å². The molecule has 0 amide bonds. The molecule has 1 aromatic rings. The fourth-order valence-corrected chi connectivity index (χ4v) is 1.78. The highest BCUT2D eigenvalue weighted by Gasteiger charge is 2.07. The molecule has 5 heteroatoms. The molecule has 0 heterocycles. The van der Waals surface area contributed by atoms with Crippen molar-refractivity contribution in [1.29, 1.82) is 0 Å². The van der Waals surface area contributed by atoms with Gasteiger partial charge in [-0.1, -0.05) is 18.2 Å². The molecule has 3 N–H and O–H groups in total. The van der Waals surface area contributed by atoms with Crippen LogP contribution in [0, 0.1) is 6.92 Å². The topological polar surface area (TPSA) is 71.0 Å². The summed E-state index contributed by atoms with van der Waals surface area (Å²) in [4.78, 5) is 0. The van der Waals surface area contributed by atoms with E-state index in [0.717, 1.165) is 11.3 Å². The zero-order valence-corrected chi connectivity index (χ0v) is 12.2. The van der Waals surface area contributed by atoms with Crippen LogP contribution in [0.2, 0.25) is 0 Å². The summed E-state index contributed by atoms with van der Waals surface area (Å²) < 4.78 is 10.4. The van der Waals surface area contributed by atoms with E-state index in [9.17, 15) is 10.2 Å². The Labute approximate surface area is 120 Å². The second kappa shape index (κ2) is 9.72. The van der Waals surface area contributed by atoms with Crippen molar-refractivity contribution in [3.8, 4) is 5.75 Å². The highest BCUT2D eigenvalue weighted by molar-refractivity contribution is 5.31. The summed E-state index contributed by atoms with van der Waals surface area (Å²) in [5.74, 6) is 0.794. The second-order valence-corrected chi connectivity index (χ2v) is 4.83. The average molecular weight is 283 g/mol. The third kappa shape index (κ3) is 6.86. The van der Waals surface area contributed by atoms with E-state index < -0.39 is 12.2 Å². The van der Waals surface area contributed by atoms with Crippen molar-refractivity contribution in [2.45, 2.75) is 25.6 Å². The number of nitrogens with one attached hydrogen (secondary N) is 1. The van der Waals surface area contributed by atoms with Crippen LogP contribution >= 0.6 is 0 Å². The van der Waals surface area contributed by atoms with Gasteiger partial charge in [-0.2, -0.15) is 0 Å². The molecule has 2 atom stereocenters. The maximum atomic E-state index is 9.80. The number of hydrogen-bond donors (Lipinski definition) is 3. The van der Waals surface area contributed by atoms with Gasteiger partial charge in [-0.05, 0) is 31.5 Å². The van der Waals surface area contributed by atoms with Gasteiger partial charge >= 0.3 is 0 Å². The fraction of sp³-hybridized carbons (Fsp3) is 0.600. The SMILES string of the molecule is COCC(O)CCNCC(O)COc1ccccc1C. The van der Waals surface area contributed by atoms with E-state index in [1.165, 1.54) is 0 Å². The van der Waals surface area contributed by atoms with Crippen molar-refractivity contribution in [1.82, 2.24) is 5.32 Å². The van der Waals surface area contributed by atoms with E-state index in [2.05, 4.69) is 5.32 Å². The van der Waals surface area contributed by atoms with Crippen LogP contribution in [0.25, 0.3) is 0 Å². The van der Waals surface area contributed by atoms with Crippen LogP contribution < -0.4 is 10.1 Å². The summed E-state index contributed by atoms with van der Waals surface area (Å²) in [6.07, 6.45) is -0.443. The first-order chi connectivity index (χ1) is 9.63. The average Bonchev–Trinajstić information content (AvgIpc) is 2.43. The molecule has 0 saturated carbocycles. The molecule has 0 radical (unpaired) electrons. The predicted octanol–water partition coefficient (Wildman–Crippen LogP) is 0.722. The molecule has 20 heavy (non-hydrogen) atoms. The molecule has 114 valence electrons. The minimum Gasteiger partial charge on any atom is -0.491 e. The van der Waals surface area contributed by atoms with Gasteiger partial charge in [0.25, 0.3) is 0 Å². The Morgan fingerprint density at radius 1 is 1.15 bits per heavy atom. The molecule has 1 aromatic carbocycles. The monoisotopic (exact) mass is 283 g/mol. The van der Waals surface area contributed by atoms with E-state index in [0.29, 0.717) is 26.1 Å². The second-order valence-electron chi connectivity index (χ2n) is 4.83. The van der Waals surface area contributed by atoms with Crippen molar-refractivity contribution >= 4 is 0 Å². The van der Waals surface area contributed by atoms with Gasteiger partial charge in [0.1, 0.15) is 18.5 Å². The number of ether oxygens (including phenoxy) is 2. The Bertz CT molecular complexity index is 373. The molecule has 0 aliphatic heterocycles. The molecule has 0 fully saturated rings. The molecule has 0 aromatic heterocycles. The van der Waals surface area contributed by atoms with Crippen LogP contribution in [0.15, 0.2) is 24.3 Å². The smallest absolute Gasteiger partial charge is 0.122 e. The normalized spacial score (nSPS) is 14.0. The number of para-hydroxylation sites is 1. The van der Waals surface area contributed by atoms with Gasteiger partial charge in [-0.15, -0.1) is 0 Å². The molecule has 0 bridgehead atoms. The first kappa shape index (κ1) is 16.9. The lowest BCUT2D eigenvalue weighted by Gasteiger charge is -2.15. The van der Waals surface area contributed by atoms with E-state index in [4.69, 9.17) is 9.47 Å². The highest BCUT2D eigenvalue weighted by atomic mass is 16.5. The van der Waals surface area contributed by atoms with Crippen LogP contribution in [-0.2, 0) is 4.74 Å². The third-order valence-corrected chi connectivity index (χ3v) is 2.92. The van der Waals surface area contributed by atoms with E-state index in [1.54, 1.807) is 7.11 Å². The Balaban J connectivity index is 2.12. The van der Waals surface area contributed by atoms with Gasteiger partial charge in [0.15, 0.2) is 0 Å². The zero-order chi connectivity index (χ0) is 14.8. The molecule has 2 unspecified atom stereocenters.